The molecule has 0 spiro atoms. The molecule has 2 rings (SSSR count). The molecular formula is C15H22N2O3S. The highest BCUT2D eigenvalue weighted by Gasteiger charge is 2.28. The molecule has 1 aromatic rings. The second-order valence-electron chi connectivity index (χ2n) is 5.20. The molecule has 1 saturated heterocycles. The van der Waals surface area contributed by atoms with E-state index >= 15 is 0 Å². The molecule has 6 heteroatoms. The van der Waals surface area contributed by atoms with Crippen molar-refractivity contribution in [2.24, 2.45) is 0 Å². The number of hydrogen-bond donors (Lipinski definition) is 0. The van der Waals surface area contributed by atoms with Crippen LogP contribution in [0.2, 0.25) is 0 Å². The largest absolute Gasteiger partial charge is 0.461 e. The van der Waals surface area contributed by atoms with Gasteiger partial charge in [-0.25, -0.2) is 9.78 Å². The Balaban J connectivity index is 2.09. The fourth-order valence-corrected chi connectivity index (χ4v) is 3.39. The van der Waals surface area contributed by atoms with Crippen molar-refractivity contribution in [3.8, 4) is 0 Å². The first-order valence-corrected chi connectivity index (χ1v) is 8.49. The summed E-state index contributed by atoms with van der Waals surface area (Å²) in [6.45, 7) is 4.99. The standard InChI is InChI=1S/C15H22N2O3S/c1-3-7-11-8-5-6-9-17(11)14(18)12-10-21-13(16-12)15(19)20-4-2/h10-11H,3-9H2,1-2H3. The van der Waals surface area contributed by atoms with Gasteiger partial charge in [-0.3, -0.25) is 4.79 Å². The molecule has 1 aromatic heterocycles. The van der Waals surface area contributed by atoms with Crippen LogP contribution in [-0.2, 0) is 4.74 Å². The molecule has 0 radical (unpaired) electrons. The molecule has 0 bridgehead atoms. The lowest BCUT2D eigenvalue weighted by molar-refractivity contribution is 0.0525. The number of carbonyl (C=O) groups is 2. The topological polar surface area (TPSA) is 59.5 Å². The number of rotatable bonds is 5. The summed E-state index contributed by atoms with van der Waals surface area (Å²) in [5.74, 6) is -0.509. The number of ether oxygens (including phenoxy) is 1. The molecule has 1 unspecified atom stereocenters. The fraction of sp³-hybridized carbons (Fsp3) is 0.667. The summed E-state index contributed by atoms with van der Waals surface area (Å²) >= 11 is 1.17. The molecule has 2 heterocycles. The van der Waals surface area contributed by atoms with Crippen molar-refractivity contribution >= 4 is 23.2 Å². The first-order chi connectivity index (χ1) is 10.2. The van der Waals surface area contributed by atoms with E-state index in [-0.39, 0.29) is 10.9 Å². The van der Waals surface area contributed by atoms with Gasteiger partial charge in [0.15, 0.2) is 0 Å². The van der Waals surface area contributed by atoms with Gasteiger partial charge in [-0.1, -0.05) is 13.3 Å². The number of thiazole rings is 1. The maximum absolute atomic E-state index is 12.6. The number of esters is 1. The van der Waals surface area contributed by atoms with Crippen LogP contribution in [0.5, 0.6) is 0 Å². The Bertz CT molecular complexity index is 499. The highest BCUT2D eigenvalue weighted by molar-refractivity contribution is 7.11. The average molecular weight is 310 g/mol. The van der Waals surface area contributed by atoms with Crippen LogP contribution in [0, 0.1) is 0 Å². The average Bonchev–Trinajstić information content (AvgIpc) is 2.98. The predicted molar refractivity (Wildman–Crippen MR) is 81.7 cm³/mol. The van der Waals surface area contributed by atoms with Gasteiger partial charge in [-0.15, -0.1) is 11.3 Å². The van der Waals surface area contributed by atoms with Crippen molar-refractivity contribution in [2.75, 3.05) is 13.2 Å². The maximum atomic E-state index is 12.6. The van der Waals surface area contributed by atoms with Gasteiger partial charge >= 0.3 is 5.97 Å². The van der Waals surface area contributed by atoms with E-state index in [1.165, 1.54) is 17.8 Å². The molecule has 1 amide bonds. The number of likely N-dealkylation sites (tertiary alicyclic amines) is 1. The van der Waals surface area contributed by atoms with Crippen LogP contribution in [0.25, 0.3) is 0 Å². The number of carbonyl (C=O) groups excluding carboxylic acids is 2. The zero-order valence-corrected chi connectivity index (χ0v) is 13.4. The number of aromatic nitrogens is 1. The third-order valence-electron chi connectivity index (χ3n) is 3.68. The molecule has 116 valence electrons. The zero-order chi connectivity index (χ0) is 15.2. The second-order valence-corrected chi connectivity index (χ2v) is 6.05. The van der Waals surface area contributed by atoms with Gasteiger partial charge in [-0.2, -0.15) is 0 Å². The van der Waals surface area contributed by atoms with E-state index in [0.29, 0.717) is 18.3 Å². The minimum atomic E-state index is -0.453. The van der Waals surface area contributed by atoms with Crippen LogP contribution in [0.4, 0.5) is 0 Å². The van der Waals surface area contributed by atoms with E-state index in [4.69, 9.17) is 4.74 Å². The van der Waals surface area contributed by atoms with E-state index < -0.39 is 5.97 Å². The molecule has 0 N–H and O–H groups in total. The molecule has 1 fully saturated rings. The van der Waals surface area contributed by atoms with Crippen LogP contribution >= 0.6 is 11.3 Å². The Morgan fingerprint density at radius 1 is 1.43 bits per heavy atom. The molecule has 0 aromatic carbocycles. The van der Waals surface area contributed by atoms with Gasteiger partial charge < -0.3 is 9.64 Å². The van der Waals surface area contributed by atoms with Gasteiger partial charge in [0.05, 0.1) is 6.61 Å². The summed E-state index contributed by atoms with van der Waals surface area (Å²) in [5, 5.41) is 1.91. The SMILES string of the molecule is CCCC1CCCCN1C(=O)c1csc(C(=O)OCC)n1. The Morgan fingerprint density at radius 2 is 2.24 bits per heavy atom. The first kappa shape index (κ1) is 15.9. The van der Waals surface area contributed by atoms with Crippen LogP contribution in [0.1, 0.15) is 66.2 Å². The van der Waals surface area contributed by atoms with E-state index in [1.54, 1.807) is 12.3 Å². The molecule has 21 heavy (non-hydrogen) atoms. The number of piperidine rings is 1. The summed E-state index contributed by atoms with van der Waals surface area (Å²) in [4.78, 5) is 30.3. The quantitative estimate of drug-likeness (QED) is 0.784. The smallest absolute Gasteiger partial charge is 0.367 e. The van der Waals surface area contributed by atoms with Crippen LogP contribution in [0.3, 0.4) is 0 Å². The molecule has 1 aliphatic rings. The normalized spacial score (nSPS) is 18.6. The van der Waals surface area contributed by atoms with Gasteiger partial charge in [0.2, 0.25) is 5.01 Å². The van der Waals surface area contributed by atoms with Crippen molar-refractivity contribution in [1.29, 1.82) is 0 Å². The Labute approximate surface area is 129 Å². The highest BCUT2D eigenvalue weighted by Crippen LogP contribution is 2.23. The lowest BCUT2D eigenvalue weighted by Crippen LogP contribution is -2.43. The van der Waals surface area contributed by atoms with E-state index in [2.05, 4.69) is 11.9 Å². The van der Waals surface area contributed by atoms with Gasteiger partial charge in [0.25, 0.3) is 5.91 Å². The second kappa shape index (κ2) is 7.54. The van der Waals surface area contributed by atoms with Crippen molar-refractivity contribution in [3.63, 3.8) is 0 Å². The van der Waals surface area contributed by atoms with E-state index in [1.807, 2.05) is 4.90 Å². The summed E-state index contributed by atoms with van der Waals surface area (Å²) in [5.41, 5.74) is 0.367. The van der Waals surface area contributed by atoms with Crippen LogP contribution in [-0.4, -0.2) is 41.0 Å². The van der Waals surface area contributed by atoms with Crippen molar-refractivity contribution in [1.82, 2.24) is 9.88 Å². The third-order valence-corrected chi connectivity index (χ3v) is 4.51. The van der Waals surface area contributed by atoms with Crippen molar-refractivity contribution in [2.45, 2.75) is 52.0 Å². The van der Waals surface area contributed by atoms with Gasteiger partial charge in [-0.05, 0) is 32.6 Å². The molecule has 5 nitrogen and oxygen atoms in total. The van der Waals surface area contributed by atoms with Gasteiger partial charge in [0.1, 0.15) is 5.69 Å². The zero-order valence-electron chi connectivity index (χ0n) is 12.6. The van der Waals surface area contributed by atoms with E-state index in [9.17, 15) is 9.59 Å². The Hall–Kier alpha value is -1.43. The molecule has 1 atom stereocenters. The minimum Gasteiger partial charge on any atom is -0.461 e. The molecule has 0 saturated carbocycles. The Morgan fingerprint density at radius 3 is 2.95 bits per heavy atom. The monoisotopic (exact) mass is 310 g/mol. The van der Waals surface area contributed by atoms with Crippen molar-refractivity contribution < 1.29 is 14.3 Å². The first-order valence-electron chi connectivity index (χ1n) is 7.61. The van der Waals surface area contributed by atoms with Gasteiger partial charge in [0, 0.05) is 18.0 Å². The summed E-state index contributed by atoms with van der Waals surface area (Å²) < 4.78 is 4.91. The molecule has 1 aliphatic heterocycles. The highest BCUT2D eigenvalue weighted by atomic mass is 32.1. The number of nitrogens with zero attached hydrogens (tertiary/aromatic N) is 2. The van der Waals surface area contributed by atoms with E-state index in [0.717, 1.165) is 32.2 Å². The fourth-order valence-electron chi connectivity index (χ4n) is 2.71. The van der Waals surface area contributed by atoms with Crippen molar-refractivity contribution in [3.05, 3.63) is 16.1 Å². The Kier molecular flexibility index (Phi) is 5.73. The maximum Gasteiger partial charge on any atom is 0.367 e. The minimum absolute atomic E-state index is 0.0556. The lowest BCUT2D eigenvalue weighted by Gasteiger charge is -2.35. The number of amides is 1. The summed E-state index contributed by atoms with van der Waals surface area (Å²) in [7, 11) is 0. The summed E-state index contributed by atoms with van der Waals surface area (Å²) in [6.07, 6.45) is 5.38. The third kappa shape index (κ3) is 3.81. The van der Waals surface area contributed by atoms with Crippen LogP contribution < -0.4 is 0 Å². The number of hydrogen-bond acceptors (Lipinski definition) is 5. The van der Waals surface area contributed by atoms with Crippen LogP contribution in [0.15, 0.2) is 5.38 Å². The summed E-state index contributed by atoms with van der Waals surface area (Å²) in [6, 6.07) is 0.309. The molecular weight excluding hydrogens is 288 g/mol. The predicted octanol–water partition coefficient (Wildman–Crippen LogP) is 3.11. The molecule has 0 aliphatic carbocycles. The lowest BCUT2D eigenvalue weighted by atomic mass is 9.98.